The zero-order chi connectivity index (χ0) is 17.3. The van der Waals surface area contributed by atoms with Crippen LogP contribution in [0.4, 0.5) is 0 Å². The van der Waals surface area contributed by atoms with Gasteiger partial charge in [0.15, 0.2) is 0 Å². The second-order valence-electron chi connectivity index (χ2n) is 6.36. The fourth-order valence-corrected chi connectivity index (χ4v) is 3.28. The Morgan fingerprint density at radius 1 is 0.500 bits per heavy atom. The van der Waals surface area contributed by atoms with E-state index in [0.29, 0.717) is 0 Å². The first-order valence-corrected chi connectivity index (χ1v) is 8.66. The molecule has 1 aromatic heterocycles. The normalized spacial score (nSPS) is 11.1. The maximum absolute atomic E-state index is 4.86. The van der Waals surface area contributed by atoms with Crippen molar-refractivity contribution in [1.82, 2.24) is 4.98 Å². The number of hydrogen-bond acceptors (Lipinski definition) is 1. The zero-order valence-electron chi connectivity index (χ0n) is 14.1. The Kier molecular flexibility index (Phi) is 3.50. The summed E-state index contributed by atoms with van der Waals surface area (Å²) < 4.78 is 0. The molecule has 4 aromatic carbocycles. The van der Waals surface area contributed by atoms with Crippen LogP contribution in [0.2, 0.25) is 0 Å². The molecule has 0 bridgehead atoms. The molecule has 0 unspecified atom stereocenters. The molecule has 0 aliphatic carbocycles. The highest BCUT2D eigenvalue weighted by molar-refractivity contribution is 5.88. The van der Waals surface area contributed by atoms with Gasteiger partial charge in [-0.25, -0.2) is 0 Å². The van der Waals surface area contributed by atoms with Gasteiger partial charge in [-0.3, -0.25) is 0 Å². The molecule has 0 aliphatic rings. The predicted molar refractivity (Wildman–Crippen MR) is 108 cm³/mol. The lowest BCUT2D eigenvalue weighted by Gasteiger charge is -2.16. The van der Waals surface area contributed by atoms with Crippen LogP contribution in [0.3, 0.4) is 0 Å². The number of benzene rings is 4. The van der Waals surface area contributed by atoms with Crippen molar-refractivity contribution in [1.29, 1.82) is 0 Å². The summed E-state index contributed by atoms with van der Waals surface area (Å²) in [5, 5.41) is 4.78. The Hall–Kier alpha value is -3.45. The molecule has 122 valence electrons. The molecule has 5 rings (SSSR count). The van der Waals surface area contributed by atoms with Crippen molar-refractivity contribution in [3.8, 4) is 22.5 Å². The Bertz CT molecular complexity index is 1140. The maximum Gasteiger partial charge on any atom is -0.0226 e. The molecule has 1 heteroatoms. The predicted octanol–water partition coefficient (Wildman–Crippen LogP) is 6.32. The monoisotopic (exact) mass is 329 g/mol. The minimum absolute atomic E-state index is 0.926. The molecule has 0 spiro atoms. The molecule has 0 saturated heterocycles. The maximum atomic E-state index is 4.86. The van der Waals surface area contributed by atoms with E-state index in [4.69, 9.17) is 4.98 Å². The van der Waals surface area contributed by atoms with Gasteiger partial charge in [0.1, 0.15) is 0 Å². The smallest absolute Gasteiger partial charge is 0.0226 e. The van der Waals surface area contributed by atoms with Crippen LogP contribution in [-0.4, -0.2) is 4.98 Å². The van der Waals surface area contributed by atoms with E-state index in [2.05, 4.69) is 60.7 Å². The summed E-state index contributed by atoms with van der Waals surface area (Å²) >= 11 is 0. The summed E-state index contributed by atoms with van der Waals surface area (Å²) in [7, 11) is 0. The first-order chi connectivity index (χ1) is 12.9. The average Bonchev–Trinajstić information content (AvgIpc) is 2.73. The summed E-state index contributed by atoms with van der Waals surface area (Å²) in [6.07, 6.45) is 0. The molecule has 0 fully saturated rings. The Morgan fingerprint density at radius 3 is 1.46 bits per heavy atom. The van der Waals surface area contributed by atoms with E-state index in [1.54, 1.807) is 0 Å². The second kappa shape index (κ2) is 6.12. The van der Waals surface area contributed by atoms with E-state index in [1.807, 2.05) is 42.5 Å². The van der Waals surface area contributed by atoms with E-state index >= 15 is 0 Å². The summed E-state index contributed by atoms with van der Waals surface area (Å²) in [6, 6.07) is 37.8. The van der Waals surface area contributed by atoms with Crippen molar-refractivity contribution in [2.24, 2.45) is 0 Å². The van der Waals surface area contributed by atoms with Crippen LogP contribution < -0.4 is 0 Å². The third kappa shape index (κ3) is 2.64. The topological polar surface area (TPSA) is 12.9 Å². The summed E-state index contributed by atoms with van der Waals surface area (Å²) in [6.45, 7) is 0. The van der Waals surface area contributed by atoms with Gasteiger partial charge in [-0.15, -0.1) is 58.3 Å². The Morgan fingerprint density at radius 2 is 0.962 bits per heavy atom. The number of pyridine rings is 1. The van der Waals surface area contributed by atoms with Gasteiger partial charge in [-0.1, -0.05) is 77.5 Å². The molecule has 0 atom stereocenters. The number of nitrogens with zero attached hydrogens (tertiary/aromatic N) is 1. The lowest BCUT2D eigenvalue weighted by atomic mass is 10.0. The molecule has 0 amide bonds. The standard InChI is InChI=1S/C25H15N/c1-3-8-20-16-22(14-12-18(20)6-1)24-10-5-11-25(26-24)23-15-13-19-7-2-4-9-21(19)17-23/h1-13,16-17H/q-2. The Balaban J connectivity index is 1.60. The fourth-order valence-electron chi connectivity index (χ4n) is 3.28. The van der Waals surface area contributed by atoms with Gasteiger partial charge in [-0.05, 0) is 11.4 Å². The number of fused-ring (bicyclic) bond motifs is 2. The van der Waals surface area contributed by atoms with Crippen LogP contribution >= 0.6 is 0 Å². The number of rotatable bonds is 2. The van der Waals surface area contributed by atoms with Gasteiger partial charge in [0.25, 0.3) is 0 Å². The molecule has 0 N–H and O–H groups in total. The van der Waals surface area contributed by atoms with Crippen LogP contribution in [0.1, 0.15) is 0 Å². The van der Waals surface area contributed by atoms with Crippen LogP contribution in [0, 0.1) is 12.1 Å². The van der Waals surface area contributed by atoms with Crippen LogP contribution in [0.5, 0.6) is 0 Å². The van der Waals surface area contributed by atoms with Crippen LogP contribution in [-0.2, 0) is 0 Å². The van der Waals surface area contributed by atoms with Gasteiger partial charge in [0.2, 0.25) is 0 Å². The van der Waals surface area contributed by atoms with Gasteiger partial charge in [0.05, 0.1) is 0 Å². The molecule has 0 radical (unpaired) electrons. The van der Waals surface area contributed by atoms with E-state index < -0.39 is 0 Å². The highest BCUT2D eigenvalue weighted by Gasteiger charge is 1.96. The first kappa shape index (κ1) is 14.9. The minimum atomic E-state index is 0.926. The van der Waals surface area contributed by atoms with Crippen LogP contribution in [0.25, 0.3) is 44.1 Å². The van der Waals surface area contributed by atoms with Crippen molar-refractivity contribution < 1.29 is 0 Å². The minimum Gasteiger partial charge on any atom is -0.345 e. The molecule has 5 aromatic rings. The average molecular weight is 329 g/mol. The highest BCUT2D eigenvalue weighted by Crippen LogP contribution is 2.27. The molecule has 1 nitrogen and oxygen atoms in total. The fraction of sp³-hybridized carbons (Fsp3) is 0. The third-order valence-corrected chi connectivity index (χ3v) is 4.66. The molecule has 26 heavy (non-hydrogen) atoms. The summed E-state index contributed by atoms with van der Waals surface area (Å²) in [4.78, 5) is 4.86. The number of aromatic nitrogens is 1. The van der Waals surface area contributed by atoms with Crippen molar-refractivity contribution in [2.45, 2.75) is 0 Å². The molecule has 0 saturated carbocycles. The largest absolute Gasteiger partial charge is 0.345 e. The van der Waals surface area contributed by atoms with Gasteiger partial charge < -0.3 is 4.98 Å². The summed E-state index contributed by atoms with van der Waals surface area (Å²) in [5.41, 5.74) is 3.86. The first-order valence-electron chi connectivity index (χ1n) is 8.66. The summed E-state index contributed by atoms with van der Waals surface area (Å²) in [5.74, 6) is 0. The highest BCUT2D eigenvalue weighted by atomic mass is 14.7. The molecule has 0 aliphatic heterocycles. The number of hydrogen-bond donors (Lipinski definition) is 0. The van der Waals surface area contributed by atoms with Crippen molar-refractivity contribution in [2.75, 3.05) is 0 Å². The lowest BCUT2D eigenvalue weighted by Crippen LogP contribution is -1.89. The third-order valence-electron chi connectivity index (χ3n) is 4.66. The van der Waals surface area contributed by atoms with E-state index in [1.165, 1.54) is 21.5 Å². The quantitative estimate of drug-likeness (QED) is 0.345. The van der Waals surface area contributed by atoms with Crippen molar-refractivity contribution in [3.63, 3.8) is 0 Å². The van der Waals surface area contributed by atoms with E-state index in [9.17, 15) is 0 Å². The van der Waals surface area contributed by atoms with Gasteiger partial charge >= 0.3 is 0 Å². The van der Waals surface area contributed by atoms with E-state index in [-0.39, 0.29) is 0 Å². The van der Waals surface area contributed by atoms with Gasteiger partial charge in [-0.2, -0.15) is 0 Å². The molecule has 1 heterocycles. The van der Waals surface area contributed by atoms with Crippen molar-refractivity contribution >= 4 is 21.5 Å². The van der Waals surface area contributed by atoms with Crippen LogP contribution in [0.15, 0.2) is 91.0 Å². The molecular weight excluding hydrogens is 314 g/mol. The van der Waals surface area contributed by atoms with Gasteiger partial charge in [0, 0.05) is 0 Å². The van der Waals surface area contributed by atoms with Crippen molar-refractivity contribution in [3.05, 3.63) is 103 Å². The second-order valence-corrected chi connectivity index (χ2v) is 6.36. The zero-order valence-corrected chi connectivity index (χ0v) is 14.1. The Labute approximate surface area is 152 Å². The van der Waals surface area contributed by atoms with E-state index in [0.717, 1.165) is 22.5 Å². The molecular formula is C25H15N-2. The lowest BCUT2D eigenvalue weighted by molar-refractivity contribution is 1.32. The SMILES string of the molecule is [c-]1cc2ccccc2cc1-c1cccc(-c2[c-]cc3ccccc3c2)n1.